The molecular weight excluding hydrogens is 282 g/mol. The van der Waals surface area contributed by atoms with Crippen molar-refractivity contribution in [3.05, 3.63) is 69.9 Å². The Balaban J connectivity index is 2.11. The molecule has 1 atom stereocenters. The van der Waals surface area contributed by atoms with Crippen LogP contribution in [0.1, 0.15) is 28.5 Å². The van der Waals surface area contributed by atoms with Gasteiger partial charge in [0.1, 0.15) is 11.3 Å². The van der Waals surface area contributed by atoms with Crippen LogP contribution in [0.15, 0.2) is 46.9 Å². The zero-order valence-corrected chi connectivity index (χ0v) is 13.2. The van der Waals surface area contributed by atoms with E-state index < -0.39 is 0 Å². The van der Waals surface area contributed by atoms with Gasteiger partial charge >= 0.3 is 0 Å². The van der Waals surface area contributed by atoms with Crippen molar-refractivity contribution < 1.29 is 4.42 Å². The van der Waals surface area contributed by atoms with Gasteiger partial charge in [-0.3, -0.25) is 0 Å². The molecule has 108 valence electrons. The molecule has 1 aromatic heterocycles. The Bertz CT molecular complexity index is 791. The molecule has 1 heterocycles. The monoisotopic (exact) mass is 299 g/mol. The van der Waals surface area contributed by atoms with Gasteiger partial charge in [0.15, 0.2) is 0 Å². The number of rotatable bonds is 3. The van der Waals surface area contributed by atoms with Crippen LogP contribution in [-0.2, 0) is 0 Å². The number of furan rings is 1. The fourth-order valence-corrected chi connectivity index (χ4v) is 2.90. The first-order valence-electron chi connectivity index (χ1n) is 7.02. The summed E-state index contributed by atoms with van der Waals surface area (Å²) in [5, 5.41) is 5.11. The fraction of sp³-hybridized carbons (Fsp3) is 0.222. The van der Waals surface area contributed by atoms with Gasteiger partial charge in [-0.25, -0.2) is 0 Å². The third kappa shape index (κ3) is 2.57. The number of fused-ring (bicyclic) bond motifs is 1. The van der Waals surface area contributed by atoms with E-state index >= 15 is 0 Å². The highest BCUT2D eigenvalue weighted by atomic mass is 35.5. The topological polar surface area (TPSA) is 25.2 Å². The van der Waals surface area contributed by atoms with Crippen molar-refractivity contribution >= 4 is 22.6 Å². The van der Waals surface area contributed by atoms with Gasteiger partial charge in [0.05, 0.1) is 6.04 Å². The second-order valence-electron chi connectivity index (χ2n) is 5.34. The maximum atomic E-state index is 6.05. The Morgan fingerprint density at radius 1 is 1.10 bits per heavy atom. The maximum absolute atomic E-state index is 6.05. The average molecular weight is 300 g/mol. The van der Waals surface area contributed by atoms with Gasteiger partial charge in [-0.05, 0) is 61.9 Å². The molecule has 1 unspecified atom stereocenters. The fourth-order valence-electron chi connectivity index (χ4n) is 2.71. The first-order chi connectivity index (χ1) is 10.1. The summed E-state index contributed by atoms with van der Waals surface area (Å²) in [5.74, 6) is 0.906. The van der Waals surface area contributed by atoms with Gasteiger partial charge in [-0.15, -0.1) is 0 Å². The van der Waals surface area contributed by atoms with Crippen molar-refractivity contribution in [2.45, 2.75) is 19.9 Å². The van der Waals surface area contributed by atoms with Crippen LogP contribution in [-0.4, -0.2) is 7.05 Å². The quantitative estimate of drug-likeness (QED) is 0.735. The van der Waals surface area contributed by atoms with Crippen LogP contribution in [0.3, 0.4) is 0 Å². The molecule has 0 saturated carbocycles. The van der Waals surface area contributed by atoms with Crippen LogP contribution in [0.4, 0.5) is 0 Å². The lowest BCUT2D eigenvalue weighted by Crippen LogP contribution is -2.18. The van der Waals surface area contributed by atoms with E-state index in [9.17, 15) is 0 Å². The lowest BCUT2D eigenvalue weighted by molar-refractivity contribution is 0.490. The predicted octanol–water partition coefficient (Wildman–Crippen LogP) is 5.01. The molecule has 3 heteroatoms. The molecule has 21 heavy (non-hydrogen) atoms. The van der Waals surface area contributed by atoms with Crippen molar-refractivity contribution in [1.29, 1.82) is 0 Å². The van der Waals surface area contributed by atoms with Crippen LogP contribution in [0.5, 0.6) is 0 Å². The molecule has 0 saturated heterocycles. The Labute approximate surface area is 129 Å². The van der Waals surface area contributed by atoms with Gasteiger partial charge in [0.2, 0.25) is 0 Å². The van der Waals surface area contributed by atoms with Crippen molar-refractivity contribution in [2.24, 2.45) is 0 Å². The third-order valence-corrected chi connectivity index (χ3v) is 4.26. The van der Waals surface area contributed by atoms with Crippen LogP contribution >= 0.6 is 11.6 Å². The van der Waals surface area contributed by atoms with Crippen LogP contribution < -0.4 is 5.32 Å². The number of benzene rings is 2. The highest BCUT2D eigenvalue weighted by Crippen LogP contribution is 2.31. The van der Waals surface area contributed by atoms with Gasteiger partial charge in [0, 0.05) is 10.4 Å². The molecule has 3 aromatic rings. The molecule has 0 amide bonds. The van der Waals surface area contributed by atoms with E-state index in [2.05, 4.69) is 43.4 Å². The average Bonchev–Trinajstić information content (AvgIpc) is 2.87. The number of aryl methyl sites for hydroxylation is 1. The van der Waals surface area contributed by atoms with Crippen molar-refractivity contribution in [1.82, 2.24) is 5.32 Å². The first kappa shape index (κ1) is 14.2. The Morgan fingerprint density at radius 2 is 1.90 bits per heavy atom. The van der Waals surface area contributed by atoms with Crippen molar-refractivity contribution in [2.75, 3.05) is 7.05 Å². The third-order valence-electron chi connectivity index (χ3n) is 4.03. The van der Waals surface area contributed by atoms with Gasteiger partial charge < -0.3 is 9.73 Å². The second-order valence-corrected chi connectivity index (χ2v) is 5.78. The number of halogens is 1. The van der Waals surface area contributed by atoms with Crippen LogP contribution in [0.2, 0.25) is 5.02 Å². The smallest absolute Gasteiger partial charge is 0.134 e. The highest BCUT2D eigenvalue weighted by Gasteiger charge is 2.19. The summed E-state index contributed by atoms with van der Waals surface area (Å²) in [6.45, 7) is 4.28. The highest BCUT2D eigenvalue weighted by molar-refractivity contribution is 6.31. The van der Waals surface area contributed by atoms with Gasteiger partial charge in [-0.1, -0.05) is 29.8 Å². The molecule has 0 aliphatic carbocycles. The zero-order valence-electron chi connectivity index (χ0n) is 12.4. The Kier molecular flexibility index (Phi) is 3.75. The molecule has 0 aliphatic rings. The van der Waals surface area contributed by atoms with E-state index in [4.69, 9.17) is 16.0 Å². The summed E-state index contributed by atoms with van der Waals surface area (Å²) in [6.07, 6.45) is 0. The van der Waals surface area contributed by atoms with E-state index in [0.29, 0.717) is 0 Å². The minimum absolute atomic E-state index is 0.0380. The predicted molar refractivity (Wildman–Crippen MR) is 88.0 cm³/mol. The molecule has 3 rings (SSSR count). The molecule has 0 bridgehead atoms. The summed E-state index contributed by atoms with van der Waals surface area (Å²) in [4.78, 5) is 0. The lowest BCUT2D eigenvalue weighted by Gasteiger charge is -2.17. The molecule has 0 fully saturated rings. The number of nitrogens with one attached hydrogen (secondary N) is 1. The van der Waals surface area contributed by atoms with E-state index in [1.807, 2.05) is 25.2 Å². The van der Waals surface area contributed by atoms with Gasteiger partial charge in [-0.2, -0.15) is 0 Å². The summed E-state index contributed by atoms with van der Waals surface area (Å²) >= 11 is 6.05. The molecule has 2 aromatic carbocycles. The minimum atomic E-state index is 0.0380. The van der Waals surface area contributed by atoms with E-state index in [0.717, 1.165) is 21.8 Å². The SMILES string of the molecule is CNC(c1cc2cc(Cl)ccc2o1)c1cccc(C)c1C. The van der Waals surface area contributed by atoms with Crippen molar-refractivity contribution in [3.63, 3.8) is 0 Å². The maximum Gasteiger partial charge on any atom is 0.134 e. The normalized spacial score (nSPS) is 12.8. The standard InChI is InChI=1S/C18H18ClNO/c1-11-5-4-6-15(12(11)2)18(20-3)17-10-13-9-14(19)7-8-16(13)21-17/h4-10,18,20H,1-3H3. The van der Waals surface area contributed by atoms with Crippen LogP contribution in [0.25, 0.3) is 11.0 Å². The van der Waals surface area contributed by atoms with E-state index in [-0.39, 0.29) is 6.04 Å². The van der Waals surface area contributed by atoms with E-state index in [1.165, 1.54) is 16.7 Å². The minimum Gasteiger partial charge on any atom is -0.459 e. The number of hydrogen-bond acceptors (Lipinski definition) is 2. The molecule has 1 N–H and O–H groups in total. The summed E-state index contributed by atoms with van der Waals surface area (Å²) in [7, 11) is 1.95. The van der Waals surface area contributed by atoms with Crippen LogP contribution in [0, 0.1) is 13.8 Å². The van der Waals surface area contributed by atoms with E-state index in [1.54, 1.807) is 0 Å². The Hall–Kier alpha value is -1.77. The lowest BCUT2D eigenvalue weighted by atomic mass is 9.96. The summed E-state index contributed by atoms with van der Waals surface area (Å²) in [6, 6.07) is 14.1. The molecule has 0 spiro atoms. The largest absolute Gasteiger partial charge is 0.459 e. The van der Waals surface area contributed by atoms with Gasteiger partial charge in [0.25, 0.3) is 0 Å². The first-order valence-corrected chi connectivity index (χ1v) is 7.40. The van der Waals surface area contributed by atoms with Crippen molar-refractivity contribution in [3.8, 4) is 0 Å². The summed E-state index contributed by atoms with van der Waals surface area (Å²) in [5.41, 5.74) is 4.67. The molecule has 0 radical (unpaired) electrons. The number of hydrogen-bond donors (Lipinski definition) is 1. The molecular formula is C18H18ClNO. The summed E-state index contributed by atoms with van der Waals surface area (Å²) < 4.78 is 6.00. The second kappa shape index (κ2) is 5.55. The molecule has 0 aliphatic heterocycles. The molecule has 2 nitrogen and oxygen atoms in total. The Morgan fingerprint density at radius 3 is 2.67 bits per heavy atom. The zero-order chi connectivity index (χ0) is 15.0.